The van der Waals surface area contributed by atoms with E-state index in [1.54, 1.807) is 7.11 Å². The molecule has 3 heteroatoms. The Bertz CT molecular complexity index is 409. The molecule has 0 saturated carbocycles. The van der Waals surface area contributed by atoms with Crippen LogP contribution in [0.1, 0.15) is 25.3 Å². The fraction of sp³-hybridized carbons (Fsp3) is 0.467. The van der Waals surface area contributed by atoms with E-state index in [0.29, 0.717) is 13.0 Å². The van der Waals surface area contributed by atoms with Crippen molar-refractivity contribution in [2.24, 2.45) is 5.73 Å². The Labute approximate surface area is 109 Å². The van der Waals surface area contributed by atoms with Crippen molar-refractivity contribution in [3.05, 3.63) is 23.8 Å². The van der Waals surface area contributed by atoms with Crippen molar-refractivity contribution in [3.8, 4) is 23.8 Å². The fourth-order valence-corrected chi connectivity index (χ4v) is 1.63. The molecule has 2 N–H and O–H groups in total. The van der Waals surface area contributed by atoms with Crippen molar-refractivity contribution in [1.82, 2.24) is 0 Å². The zero-order valence-corrected chi connectivity index (χ0v) is 11.1. The van der Waals surface area contributed by atoms with Crippen LogP contribution in [0.3, 0.4) is 0 Å². The second kappa shape index (κ2) is 7.62. The second-order valence-electron chi connectivity index (χ2n) is 4.15. The van der Waals surface area contributed by atoms with Crippen LogP contribution in [0.5, 0.6) is 11.5 Å². The Morgan fingerprint density at radius 1 is 1.44 bits per heavy atom. The molecule has 0 aromatic heterocycles. The third-order valence-corrected chi connectivity index (χ3v) is 2.78. The number of hydrogen-bond donors (Lipinski definition) is 1. The summed E-state index contributed by atoms with van der Waals surface area (Å²) in [6, 6.07) is 5.90. The van der Waals surface area contributed by atoms with Gasteiger partial charge in [-0.15, -0.1) is 12.3 Å². The van der Waals surface area contributed by atoms with Crippen LogP contribution in [0.25, 0.3) is 0 Å². The molecule has 0 bridgehead atoms. The van der Waals surface area contributed by atoms with Gasteiger partial charge in [-0.3, -0.25) is 0 Å². The molecule has 0 aliphatic carbocycles. The molecular formula is C15H21NO2. The van der Waals surface area contributed by atoms with Crippen LogP contribution in [-0.4, -0.2) is 19.8 Å². The van der Waals surface area contributed by atoms with Crippen LogP contribution in [0.4, 0.5) is 0 Å². The number of hydrogen-bond acceptors (Lipinski definition) is 3. The van der Waals surface area contributed by atoms with E-state index in [2.05, 4.69) is 12.8 Å². The minimum Gasteiger partial charge on any atom is -0.497 e. The average molecular weight is 247 g/mol. The van der Waals surface area contributed by atoms with Crippen molar-refractivity contribution >= 4 is 0 Å². The molecule has 1 unspecified atom stereocenters. The maximum atomic E-state index is 5.99. The van der Waals surface area contributed by atoms with E-state index in [-0.39, 0.29) is 6.04 Å². The quantitative estimate of drug-likeness (QED) is 0.594. The molecule has 98 valence electrons. The molecule has 0 aliphatic rings. The van der Waals surface area contributed by atoms with E-state index >= 15 is 0 Å². The highest BCUT2D eigenvalue weighted by atomic mass is 16.5. The summed E-state index contributed by atoms with van der Waals surface area (Å²) >= 11 is 0. The van der Waals surface area contributed by atoms with Gasteiger partial charge < -0.3 is 15.2 Å². The van der Waals surface area contributed by atoms with Crippen molar-refractivity contribution in [2.45, 2.75) is 32.2 Å². The summed E-state index contributed by atoms with van der Waals surface area (Å²) in [4.78, 5) is 0. The van der Waals surface area contributed by atoms with E-state index in [0.717, 1.165) is 29.9 Å². The van der Waals surface area contributed by atoms with Crippen molar-refractivity contribution < 1.29 is 9.47 Å². The summed E-state index contributed by atoms with van der Waals surface area (Å²) in [6.45, 7) is 2.60. The smallest absolute Gasteiger partial charge is 0.122 e. The van der Waals surface area contributed by atoms with Gasteiger partial charge in [0, 0.05) is 12.5 Å². The van der Waals surface area contributed by atoms with Gasteiger partial charge in [-0.2, -0.15) is 0 Å². The lowest BCUT2D eigenvalue weighted by atomic mass is 10.0. The lowest BCUT2D eigenvalue weighted by molar-refractivity contribution is 0.321. The third kappa shape index (κ3) is 4.31. The molecule has 1 rings (SSSR count). The molecule has 0 radical (unpaired) electrons. The first-order valence-electron chi connectivity index (χ1n) is 6.20. The second-order valence-corrected chi connectivity index (χ2v) is 4.15. The topological polar surface area (TPSA) is 44.5 Å². The van der Waals surface area contributed by atoms with Crippen LogP contribution in [0.2, 0.25) is 0 Å². The van der Waals surface area contributed by atoms with Crippen molar-refractivity contribution in [1.29, 1.82) is 0 Å². The van der Waals surface area contributed by atoms with Gasteiger partial charge in [0.2, 0.25) is 0 Å². The number of terminal acetylenes is 1. The van der Waals surface area contributed by atoms with Gasteiger partial charge in [-0.1, -0.05) is 6.92 Å². The predicted molar refractivity (Wildman–Crippen MR) is 73.9 cm³/mol. The zero-order valence-electron chi connectivity index (χ0n) is 11.1. The van der Waals surface area contributed by atoms with Gasteiger partial charge in [-0.25, -0.2) is 0 Å². The van der Waals surface area contributed by atoms with Gasteiger partial charge in [0.15, 0.2) is 0 Å². The SMILES string of the molecule is C#CCCOc1ccc(OC)cc1CC(N)CC. The van der Waals surface area contributed by atoms with Gasteiger partial charge in [0.05, 0.1) is 13.7 Å². The van der Waals surface area contributed by atoms with E-state index in [9.17, 15) is 0 Å². The minimum atomic E-state index is 0.132. The molecule has 1 aromatic carbocycles. The van der Waals surface area contributed by atoms with Gasteiger partial charge in [0.25, 0.3) is 0 Å². The van der Waals surface area contributed by atoms with Crippen LogP contribution < -0.4 is 15.2 Å². The molecule has 3 nitrogen and oxygen atoms in total. The maximum absolute atomic E-state index is 5.99. The fourth-order valence-electron chi connectivity index (χ4n) is 1.63. The highest BCUT2D eigenvalue weighted by molar-refractivity contribution is 5.40. The maximum Gasteiger partial charge on any atom is 0.122 e. The Balaban J connectivity index is 2.83. The van der Waals surface area contributed by atoms with Gasteiger partial charge in [0.1, 0.15) is 11.5 Å². The van der Waals surface area contributed by atoms with Crippen LogP contribution in [-0.2, 0) is 6.42 Å². The number of nitrogens with two attached hydrogens (primary N) is 1. The molecule has 0 spiro atoms. The summed E-state index contributed by atoms with van der Waals surface area (Å²) in [7, 11) is 1.65. The van der Waals surface area contributed by atoms with Crippen LogP contribution in [0.15, 0.2) is 18.2 Å². The van der Waals surface area contributed by atoms with E-state index < -0.39 is 0 Å². The lowest BCUT2D eigenvalue weighted by Crippen LogP contribution is -2.21. The summed E-state index contributed by atoms with van der Waals surface area (Å²) < 4.78 is 10.9. The number of methoxy groups -OCH3 is 1. The highest BCUT2D eigenvalue weighted by Crippen LogP contribution is 2.25. The molecule has 0 saturated heterocycles. The van der Waals surface area contributed by atoms with E-state index in [1.165, 1.54) is 0 Å². The zero-order chi connectivity index (χ0) is 13.4. The number of benzene rings is 1. The molecule has 0 fully saturated rings. The van der Waals surface area contributed by atoms with Gasteiger partial charge in [-0.05, 0) is 36.6 Å². The number of ether oxygens (including phenoxy) is 2. The highest BCUT2D eigenvalue weighted by Gasteiger charge is 2.09. The van der Waals surface area contributed by atoms with Gasteiger partial charge >= 0.3 is 0 Å². The first kappa shape index (κ1) is 14.4. The lowest BCUT2D eigenvalue weighted by Gasteiger charge is -2.15. The summed E-state index contributed by atoms with van der Waals surface area (Å²) in [5, 5.41) is 0. The Morgan fingerprint density at radius 3 is 2.83 bits per heavy atom. The molecule has 0 heterocycles. The van der Waals surface area contributed by atoms with E-state index in [4.69, 9.17) is 21.6 Å². The Hall–Kier alpha value is -1.66. The number of rotatable bonds is 7. The Morgan fingerprint density at radius 2 is 2.22 bits per heavy atom. The third-order valence-electron chi connectivity index (χ3n) is 2.78. The normalized spacial score (nSPS) is 11.7. The standard InChI is InChI=1S/C15H21NO2/c1-4-6-9-18-15-8-7-14(17-3)11-12(15)10-13(16)5-2/h1,7-8,11,13H,5-6,9-10,16H2,2-3H3. The molecule has 1 aromatic rings. The molecular weight excluding hydrogens is 226 g/mol. The summed E-state index contributed by atoms with van der Waals surface area (Å²) in [5.41, 5.74) is 7.06. The monoisotopic (exact) mass is 247 g/mol. The average Bonchev–Trinajstić information content (AvgIpc) is 2.40. The summed E-state index contributed by atoms with van der Waals surface area (Å²) in [6.07, 6.45) is 7.52. The first-order valence-corrected chi connectivity index (χ1v) is 6.20. The molecule has 18 heavy (non-hydrogen) atoms. The van der Waals surface area contributed by atoms with E-state index in [1.807, 2.05) is 18.2 Å². The minimum absolute atomic E-state index is 0.132. The van der Waals surface area contributed by atoms with Crippen molar-refractivity contribution in [3.63, 3.8) is 0 Å². The van der Waals surface area contributed by atoms with Crippen LogP contribution in [0, 0.1) is 12.3 Å². The molecule has 0 aliphatic heterocycles. The summed E-state index contributed by atoms with van der Waals surface area (Å²) in [5.74, 6) is 4.22. The first-order chi connectivity index (χ1) is 8.71. The van der Waals surface area contributed by atoms with Crippen molar-refractivity contribution in [2.75, 3.05) is 13.7 Å². The largest absolute Gasteiger partial charge is 0.497 e. The predicted octanol–water partition coefficient (Wildman–Crippen LogP) is 2.38. The Kier molecular flexibility index (Phi) is 6.10. The molecule has 0 amide bonds. The molecule has 1 atom stereocenters. The van der Waals surface area contributed by atoms with Crippen LogP contribution >= 0.6 is 0 Å².